The summed E-state index contributed by atoms with van der Waals surface area (Å²) in [6.07, 6.45) is 0. The van der Waals surface area contributed by atoms with E-state index < -0.39 is 0 Å². The summed E-state index contributed by atoms with van der Waals surface area (Å²) < 4.78 is 5.12. The van der Waals surface area contributed by atoms with Crippen molar-refractivity contribution in [3.63, 3.8) is 0 Å². The molecule has 1 aromatic carbocycles. The SMILES string of the molecule is CCNC(=O)c1ccc(C)nc1Nc1ccc(OC)cc1. The van der Waals surface area contributed by atoms with Gasteiger partial charge in [-0.2, -0.15) is 0 Å². The number of amides is 1. The van der Waals surface area contributed by atoms with Crippen LogP contribution in [0.3, 0.4) is 0 Å². The maximum atomic E-state index is 12.1. The number of methoxy groups -OCH3 is 1. The number of benzene rings is 1. The first-order valence-electron chi connectivity index (χ1n) is 6.81. The van der Waals surface area contributed by atoms with E-state index in [-0.39, 0.29) is 5.91 Å². The third kappa shape index (κ3) is 3.72. The molecule has 0 saturated heterocycles. The number of pyridine rings is 1. The van der Waals surface area contributed by atoms with E-state index in [1.165, 1.54) is 0 Å². The third-order valence-corrected chi connectivity index (χ3v) is 2.97. The van der Waals surface area contributed by atoms with Crippen molar-refractivity contribution in [2.45, 2.75) is 13.8 Å². The molecule has 5 heteroatoms. The summed E-state index contributed by atoms with van der Waals surface area (Å²) in [7, 11) is 1.62. The summed E-state index contributed by atoms with van der Waals surface area (Å²) in [5.74, 6) is 1.19. The number of hydrogen-bond acceptors (Lipinski definition) is 4. The highest BCUT2D eigenvalue weighted by Crippen LogP contribution is 2.21. The van der Waals surface area contributed by atoms with Gasteiger partial charge in [-0.15, -0.1) is 0 Å². The number of carbonyl (C=O) groups excluding carboxylic acids is 1. The minimum Gasteiger partial charge on any atom is -0.497 e. The number of hydrogen-bond donors (Lipinski definition) is 2. The average Bonchev–Trinajstić information content (AvgIpc) is 2.48. The van der Waals surface area contributed by atoms with E-state index in [9.17, 15) is 4.79 Å². The Labute approximate surface area is 124 Å². The normalized spacial score (nSPS) is 10.0. The number of aryl methyl sites for hydroxylation is 1. The van der Waals surface area contributed by atoms with Crippen molar-refractivity contribution in [2.24, 2.45) is 0 Å². The number of nitrogens with one attached hydrogen (secondary N) is 2. The fourth-order valence-electron chi connectivity index (χ4n) is 1.90. The van der Waals surface area contributed by atoms with Crippen LogP contribution in [0.15, 0.2) is 36.4 Å². The second-order valence-electron chi connectivity index (χ2n) is 4.56. The Morgan fingerprint density at radius 2 is 1.90 bits per heavy atom. The summed E-state index contributed by atoms with van der Waals surface area (Å²) in [5.41, 5.74) is 2.22. The molecule has 0 fully saturated rings. The second kappa shape index (κ2) is 6.74. The van der Waals surface area contributed by atoms with Gasteiger partial charge in [-0.1, -0.05) is 0 Å². The molecule has 1 amide bonds. The van der Waals surface area contributed by atoms with Gasteiger partial charge in [-0.25, -0.2) is 4.98 Å². The van der Waals surface area contributed by atoms with Crippen LogP contribution in [-0.2, 0) is 0 Å². The molecule has 0 saturated carbocycles. The number of anilines is 2. The van der Waals surface area contributed by atoms with Gasteiger partial charge < -0.3 is 15.4 Å². The molecule has 0 spiro atoms. The molecule has 110 valence electrons. The van der Waals surface area contributed by atoms with Crippen molar-refractivity contribution in [3.05, 3.63) is 47.7 Å². The van der Waals surface area contributed by atoms with Gasteiger partial charge in [0.1, 0.15) is 11.6 Å². The zero-order valence-corrected chi connectivity index (χ0v) is 12.4. The number of ether oxygens (including phenoxy) is 1. The molecule has 1 aromatic heterocycles. The molecule has 2 aromatic rings. The molecule has 0 aliphatic heterocycles. The van der Waals surface area contributed by atoms with Crippen LogP contribution in [-0.4, -0.2) is 24.5 Å². The molecular formula is C16H19N3O2. The van der Waals surface area contributed by atoms with E-state index in [0.29, 0.717) is 17.9 Å². The predicted molar refractivity (Wildman–Crippen MR) is 83.3 cm³/mol. The number of nitrogens with zero attached hydrogens (tertiary/aromatic N) is 1. The average molecular weight is 285 g/mol. The molecule has 1 heterocycles. The summed E-state index contributed by atoms with van der Waals surface area (Å²) in [6.45, 7) is 4.35. The lowest BCUT2D eigenvalue weighted by Crippen LogP contribution is -2.24. The largest absolute Gasteiger partial charge is 0.497 e. The van der Waals surface area contributed by atoms with Crippen LogP contribution in [0.1, 0.15) is 23.0 Å². The Bertz CT molecular complexity index is 624. The molecular weight excluding hydrogens is 266 g/mol. The smallest absolute Gasteiger partial charge is 0.255 e. The van der Waals surface area contributed by atoms with Crippen molar-refractivity contribution >= 4 is 17.4 Å². The van der Waals surface area contributed by atoms with E-state index in [1.54, 1.807) is 13.2 Å². The first-order chi connectivity index (χ1) is 10.1. The Balaban J connectivity index is 2.28. The van der Waals surface area contributed by atoms with Gasteiger partial charge in [-0.05, 0) is 50.2 Å². The van der Waals surface area contributed by atoms with Crippen LogP contribution >= 0.6 is 0 Å². The molecule has 2 rings (SSSR count). The highest BCUT2D eigenvalue weighted by Gasteiger charge is 2.12. The van der Waals surface area contributed by atoms with E-state index in [1.807, 2.05) is 44.2 Å². The van der Waals surface area contributed by atoms with E-state index in [2.05, 4.69) is 15.6 Å². The van der Waals surface area contributed by atoms with Crippen LogP contribution < -0.4 is 15.4 Å². The van der Waals surface area contributed by atoms with E-state index in [0.717, 1.165) is 17.1 Å². The summed E-state index contributed by atoms with van der Waals surface area (Å²) in [6, 6.07) is 11.1. The topological polar surface area (TPSA) is 63.2 Å². The third-order valence-electron chi connectivity index (χ3n) is 2.97. The monoisotopic (exact) mass is 285 g/mol. The lowest BCUT2D eigenvalue weighted by Gasteiger charge is -2.12. The lowest BCUT2D eigenvalue weighted by atomic mass is 10.2. The quantitative estimate of drug-likeness (QED) is 0.886. The zero-order valence-electron chi connectivity index (χ0n) is 12.4. The zero-order chi connectivity index (χ0) is 15.2. The summed E-state index contributed by atoms with van der Waals surface area (Å²) in [4.78, 5) is 16.5. The highest BCUT2D eigenvalue weighted by atomic mass is 16.5. The number of rotatable bonds is 5. The van der Waals surface area contributed by atoms with Gasteiger partial charge >= 0.3 is 0 Å². The molecule has 2 N–H and O–H groups in total. The fraction of sp³-hybridized carbons (Fsp3) is 0.250. The predicted octanol–water partition coefficient (Wildman–Crippen LogP) is 2.89. The Hall–Kier alpha value is -2.56. The molecule has 0 radical (unpaired) electrons. The van der Waals surface area contributed by atoms with Gasteiger partial charge in [0.25, 0.3) is 5.91 Å². The van der Waals surface area contributed by atoms with Crippen LogP contribution in [0, 0.1) is 6.92 Å². The van der Waals surface area contributed by atoms with E-state index >= 15 is 0 Å². The van der Waals surface area contributed by atoms with Crippen LogP contribution in [0.2, 0.25) is 0 Å². The van der Waals surface area contributed by atoms with Gasteiger partial charge in [0.2, 0.25) is 0 Å². The van der Waals surface area contributed by atoms with Crippen LogP contribution in [0.5, 0.6) is 5.75 Å². The Morgan fingerprint density at radius 3 is 2.52 bits per heavy atom. The molecule has 0 atom stereocenters. The molecule has 0 unspecified atom stereocenters. The summed E-state index contributed by atoms with van der Waals surface area (Å²) >= 11 is 0. The summed E-state index contributed by atoms with van der Waals surface area (Å²) in [5, 5.41) is 5.96. The molecule has 0 aliphatic carbocycles. The van der Waals surface area contributed by atoms with Gasteiger partial charge in [0.05, 0.1) is 12.7 Å². The lowest BCUT2D eigenvalue weighted by molar-refractivity contribution is 0.0956. The number of aromatic nitrogens is 1. The van der Waals surface area contributed by atoms with Gasteiger partial charge in [-0.3, -0.25) is 4.79 Å². The van der Waals surface area contributed by atoms with Gasteiger partial charge in [0.15, 0.2) is 0 Å². The molecule has 21 heavy (non-hydrogen) atoms. The van der Waals surface area contributed by atoms with Crippen molar-refractivity contribution in [1.82, 2.24) is 10.3 Å². The molecule has 5 nitrogen and oxygen atoms in total. The van der Waals surface area contributed by atoms with Gasteiger partial charge in [0, 0.05) is 17.9 Å². The van der Waals surface area contributed by atoms with Crippen molar-refractivity contribution in [1.29, 1.82) is 0 Å². The van der Waals surface area contributed by atoms with Crippen LogP contribution in [0.4, 0.5) is 11.5 Å². The number of carbonyl (C=O) groups is 1. The van der Waals surface area contributed by atoms with E-state index in [4.69, 9.17) is 4.74 Å². The maximum absolute atomic E-state index is 12.1. The first kappa shape index (κ1) is 14.8. The fourth-order valence-corrected chi connectivity index (χ4v) is 1.90. The van der Waals surface area contributed by atoms with Crippen molar-refractivity contribution < 1.29 is 9.53 Å². The molecule has 0 aliphatic rings. The maximum Gasteiger partial charge on any atom is 0.255 e. The van der Waals surface area contributed by atoms with Crippen LogP contribution in [0.25, 0.3) is 0 Å². The first-order valence-corrected chi connectivity index (χ1v) is 6.81. The standard InChI is InChI=1S/C16H19N3O2/c1-4-17-16(20)14-10-5-11(2)18-15(14)19-12-6-8-13(21-3)9-7-12/h5-10H,4H2,1-3H3,(H,17,20)(H,18,19). The minimum atomic E-state index is -0.138. The molecule has 0 bridgehead atoms. The highest BCUT2D eigenvalue weighted by molar-refractivity contribution is 5.99. The van der Waals surface area contributed by atoms with Crippen molar-refractivity contribution in [3.8, 4) is 5.75 Å². The van der Waals surface area contributed by atoms with Crippen molar-refractivity contribution in [2.75, 3.05) is 19.0 Å². The Morgan fingerprint density at radius 1 is 1.19 bits per heavy atom. The Kier molecular flexibility index (Phi) is 4.77. The second-order valence-corrected chi connectivity index (χ2v) is 4.56. The minimum absolute atomic E-state index is 0.138.